The van der Waals surface area contributed by atoms with Gasteiger partial charge >= 0.3 is 0 Å². The molecule has 1 amide bonds. The predicted octanol–water partition coefficient (Wildman–Crippen LogP) is 3.92. The zero-order chi connectivity index (χ0) is 16.3. The number of hydrogen-bond acceptors (Lipinski definition) is 3. The lowest BCUT2D eigenvalue weighted by Gasteiger charge is -2.24. The predicted molar refractivity (Wildman–Crippen MR) is 97.5 cm³/mol. The molecule has 2 rings (SSSR count). The molecule has 0 saturated heterocycles. The molecule has 0 aliphatic carbocycles. The minimum atomic E-state index is -0.637. The summed E-state index contributed by atoms with van der Waals surface area (Å²) in [5, 5.41) is 2.91. The maximum atomic E-state index is 12.6. The van der Waals surface area contributed by atoms with Crippen LogP contribution in [0.25, 0.3) is 0 Å². The van der Waals surface area contributed by atoms with E-state index in [0.717, 1.165) is 5.56 Å². The molecule has 0 bridgehead atoms. The van der Waals surface area contributed by atoms with Crippen molar-refractivity contribution in [2.45, 2.75) is 26.2 Å². The van der Waals surface area contributed by atoms with Gasteiger partial charge in [-0.2, -0.15) is 0 Å². The minimum absolute atomic E-state index is 0. The van der Waals surface area contributed by atoms with Gasteiger partial charge in [-0.05, 0) is 44.5 Å². The van der Waals surface area contributed by atoms with Crippen LogP contribution >= 0.6 is 12.4 Å². The zero-order valence-electron chi connectivity index (χ0n) is 13.8. The Morgan fingerprint density at radius 2 is 1.74 bits per heavy atom. The number of carbonyl (C=O) groups is 1. The van der Waals surface area contributed by atoms with Crippen molar-refractivity contribution in [1.82, 2.24) is 0 Å². The van der Waals surface area contributed by atoms with Gasteiger partial charge in [0.25, 0.3) is 0 Å². The van der Waals surface area contributed by atoms with E-state index in [-0.39, 0.29) is 18.3 Å². The maximum absolute atomic E-state index is 12.6. The molecule has 0 aliphatic heterocycles. The van der Waals surface area contributed by atoms with Gasteiger partial charge in [-0.25, -0.2) is 0 Å². The van der Waals surface area contributed by atoms with Crippen molar-refractivity contribution in [2.24, 2.45) is 0 Å². The Balaban J connectivity index is 0.00000264. The monoisotopic (exact) mass is 334 g/mol. The minimum Gasteiger partial charge on any atom is -0.495 e. The summed E-state index contributed by atoms with van der Waals surface area (Å²) in [6.07, 6.45) is 0. The molecule has 0 unspecified atom stereocenters. The third-order valence-corrected chi connectivity index (χ3v) is 3.83. The van der Waals surface area contributed by atoms with E-state index in [4.69, 9.17) is 10.5 Å². The first kappa shape index (κ1) is 18.8. The van der Waals surface area contributed by atoms with Crippen LogP contribution in [0.3, 0.4) is 0 Å². The van der Waals surface area contributed by atoms with Crippen LogP contribution in [-0.2, 0) is 10.2 Å². The molecular formula is C18H23ClN2O2. The van der Waals surface area contributed by atoms with Gasteiger partial charge in [0.15, 0.2) is 0 Å². The summed E-state index contributed by atoms with van der Waals surface area (Å²) in [7, 11) is 1.56. The van der Waals surface area contributed by atoms with E-state index >= 15 is 0 Å². The number of ether oxygens (including phenoxy) is 1. The molecule has 4 nitrogen and oxygen atoms in total. The summed E-state index contributed by atoms with van der Waals surface area (Å²) in [5.74, 6) is 0.511. The summed E-state index contributed by atoms with van der Waals surface area (Å²) >= 11 is 0. The Kier molecular flexibility index (Phi) is 6.05. The van der Waals surface area contributed by atoms with Gasteiger partial charge in [-0.3, -0.25) is 4.79 Å². The fourth-order valence-electron chi connectivity index (χ4n) is 2.20. The molecular weight excluding hydrogens is 312 g/mol. The molecule has 0 radical (unpaired) electrons. The number of rotatable bonds is 4. The number of halogens is 1. The number of nitrogens with one attached hydrogen (secondary N) is 1. The third-order valence-electron chi connectivity index (χ3n) is 3.83. The van der Waals surface area contributed by atoms with Gasteiger partial charge < -0.3 is 15.8 Å². The standard InChI is InChI=1S/C18H22N2O2.ClH/c1-12-5-7-13(8-6-12)18(2,3)17(21)20-14-9-10-16(22-4)15(19)11-14;/h5-11H,19H2,1-4H3,(H,20,21);1H. The first-order chi connectivity index (χ1) is 10.3. The number of anilines is 2. The highest BCUT2D eigenvalue weighted by molar-refractivity contribution is 5.99. The molecule has 0 spiro atoms. The van der Waals surface area contributed by atoms with E-state index in [1.165, 1.54) is 5.56 Å². The molecule has 3 N–H and O–H groups in total. The Hall–Kier alpha value is -2.20. The second-order valence-electron chi connectivity index (χ2n) is 5.90. The number of nitrogens with two attached hydrogens (primary N) is 1. The fourth-order valence-corrected chi connectivity index (χ4v) is 2.20. The van der Waals surface area contributed by atoms with E-state index in [9.17, 15) is 4.79 Å². The van der Waals surface area contributed by atoms with Crippen molar-refractivity contribution in [2.75, 3.05) is 18.2 Å². The largest absolute Gasteiger partial charge is 0.495 e. The second kappa shape index (κ2) is 7.38. The van der Waals surface area contributed by atoms with Gasteiger partial charge in [0.2, 0.25) is 5.91 Å². The quantitative estimate of drug-likeness (QED) is 0.833. The molecule has 0 heterocycles. The molecule has 5 heteroatoms. The highest BCUT2D eigenvalue weighted by Crippen LogP contribution is 2.28. The summed E-state index contributed by atoms with van der Waals surface area (Å²) in [5.41, 5.74) is 8.52. The Morgan fingerprint density at radius 1 is 1.13 bits per heavy atom. The molecule has 0 fully saturated rings. The maximum Gasteiger partial charge on any atom is 0.234 e. The summed E-state index contributed by atoms with van der Waals surface area (Å²) < 4.78 is 5.12. The first-order valence-electron chi connectivity index (χ1n) is 7.16. The van der Waals surface area contributed by atoms with E-state index in [1.54, 1.807) is 25.3 Å². The fraction of sp³-hybridized carbons (Fsp3) is 0.278. The van der Waals surface area contributed by atoms with Crippen molar-refractivity contribution in [3.8, 4) is 5.75 Å². The third kappa shape index (κ3) is 4.17. The van der Waals surface area contributed by atoms with Crippen LogP contribution < -0.4 is 15.8 Å². The van der Waals surface area contributed by atoms with Crippen molar-refractivity contribution >= 4 is 29.7 Å². The summed E-state index contributed by atoms with van der Waals surface area (Å²) in [4.78, 5) is 12.6. The zero-order valence-corrected chi connectivity index (χ0v) is 14.7. The molecule has 124 valence electrons. The first-order valence-corrected chi connectivity index (χ1v) is 7.16. The number of amides is 1. The van der Waals surface area contributed by atoms with Gasteiger partial charge in [0.1, 0.15) is 5.75 Å². The lowest BCUT2D eigenvalue weighted by Crippen LogP contribution is -2.34. The Labute approximate surface area is 143 Å². The number of aryl methyl sites for hydroxylation is 1. The Bertz CT molecular complexity index is 682. The van der Waals surface area contributed by atoms with E-state index in [2.05, 4.69) is 5.32 Å². The average molecular weight is 335 g/mol. The van der Waals surface area contributed by atoms with Crippen LogP contribution in [0, 0.1) is 6.92 Å². The number of nitrogen functional groups attached to an aromatic ring is 1. The van der Waals surface area contributed by atoms with E-state index in [1.807, 2.05) is 45.0 Å². The highest BCUT2D eigenvalue weighted by Gasteiger charge is 2.29. The molecule has 2 aromatic rings. The van der Waals surface area contributed by atoms with Crippen molar-refractivity contribution in [1.29, 1.82) is 0 Å². The van der Waals surface area contributed by atoms with E-state index < -0.39 is 5.41 Å². The van der Waals surface area contributed by atoms with Crippen LogP contribution in [0.15, 0.2) is 42.5 Å². The SMILES string of the molecule is COc1ccc(NC(=O)C(C)(C)c2ccc(C)cc2)cc1N.Cl. The average Bonchev–Trinajstić information content (AvgIpc) is 2.48. The molecule has 23 heavy (non-hydrogen) atoms. The van der Waals surface area contributed by atoms with Crippen LogP contribution in [0.2, 0.25) is 0 Å². The number of hydrogen-bond donors (Lipinski definition) is 2. The Morgan fingerprint density at radius 3 is 2.26 bits per heavy atom. The van der Waals surface area contributed by atoms with Crippen molar-refractivity contribution in [3.63, 3.8) is 0 Å². The summed E-state index contributed by atoms with van der Waals surface area (Å²) in [6.45, 7) is 5.83. The highest BCUT2D eigenvalue weighted by atomic mass is 35.5. The van der Waals surface area contributed by atoms with Gasteiger partial charge in [0.05, 0.1) is 18.2 Å². The summed E-state index contributed by atoms with van der Waals surface area (Å²) in [6, 6.07) is 13.2. The molecule has 2 aromatic carbocycles. The van der Waals surface area contributed by atoms with Crippen LogP contribution in [0.5, 0.6) is 5.75 Å². The number of methoxy groups -OCH3 is 1. The van der Waals surface area contributed by atoms with Crippen molar-refractivity contribution in [3.05, 3.63) is 53.6 Å². The normalized spacial score (nSPS) is 10.6. The van der Waals surface area contributed by atoms with Gasteiger partial charge in [0, 0.05) is 5.69 Å². The molecule has 0 aromatic heterocycles. The van der Waals surface area contributed by atoms with Crippen LogP contribution in [0.1, 0.15) is 25.0 Å². The lowest BCUT2D eigenvalue weighted by atomic mass is 9.83. The topological polar surface area (TPSA) is 64.3 Å². The lowest BCUT2D eigenvalue weighted by molar-refractivity contribution is -0.120. The van der Waals surface area contributed by atoms with Crippen LogP contribution in [-0.4, -0.2) is 13.0 Å². The second-order valence-corrected chi connectivity index (χ2v) is 5.90. The van der Waals surface area contributed by atoms with E-state index in [0.29, 0.717) is 17.1 Å². The molecule has 0 aliphatic rings. The number of benzene rings is 2. The van der Waals surface area contributed by atoms with Crippen LogP contribution in [0.4, 0.5) is 11.4 Å². The molecule has 0 atom stereocenters. The smallest absolute Gasteiger partial charge is 0.234 e. The molecule has 0 saturated carbocycles. The van der Waals surface area contributed by atoms with Crippen molar-refractivity contribution < 1.29 is 9.53 Å². The van der Waals surface area contributed by atoms with Gasteiger partial charge in [-0.15, -0.1) is 12.4 Å². The number of carbonyl (C=O) groups excluding carboxylic acids is 1. The van der Waals surface area contributed by atoms with Gasteiger partial charge in [-0.1, -0.05) is 29.8 Å².